The summed E-state index contributed by atoms with van der Waals surface area (Å²) < 4.78 is 1.90. The molecule has 1 amide bonds. The van der Waals surface area contributed by atoms with E-state index < -0.39 is 0 Å². The van der Waals surface area contributed by atoms with E-state index in [-0.39, 0.29) is 5.91 Å². The number of nitrogens with zero attached hydrogens (tertiary/aromatic N) is 5. The number of carbonyl (C=O) groups excluding carboxylic acids is 1. The SMILES string of the molecule is CSc1nc(N2CCCC2)c2cnn(CCNC(=O)CC3CCCCC3)c2n1. The van der Waals surface area contributed by atoms with Crippen LogP contribution in [0.5, 0.6) is 0 Å². The van der Waals surface area contributed by atoms with Gasteiger partial charge in [0.15, 0.2) is 10.8 Å². The van der Waals surface area contributed by atoms with E-state index in [1.54, 1.807) is 11.8 Å². The van der Waals surface area contributed by atoms with Crippen molar-refractivity contribution >= 4 is 34.5 Å². The summed E-state index contributed by atoms with van der Waals surface area (Å²) in [5.74, 6) is 1.74. The normalized spacial score (nSPS) is 18.1. The molecule has 1 saturated heterocycles. The number of amides is 1. The fourth-order valence-electron chi connectivity index (χ4n) is 4.37. The number of anilines is 1. The van der Waals surface area contributed by atoms with Crippen molar-refractivity contribution in [3.8, 4) is 0 Å². The zero-order chi connectivity index (χ0) is 19.3. The van der Waals surface area contributed by atoms with Crippen LogP contribution in [-0.2, 0) is 11.3 Å². The summed E-state index contributed by atoms with van der Waals surface area (Å²) in [5, 5.41) is 9.40. The Morgan fingerprint density at radius 3 is 2.71 bits per heavy atom. The molecule has 2 fully saturated rings. The van der Waals surface area contributed by atoms with E-state index in [9.17, 15) is 4.79 Å². The maximum Gasteiger partial charge on any atom is 0.220 e. The van der Waals surface area contributed by atoms with Gasteiger partial charge in [0.1, 0.15) is 5.82 Å². The van der Waals surface area contributed by atoms with E-state index >= 15 is 0 Å². The minimum Gasteiger partial charge on any atom is -0.356 e. The van der Waals surface area contributed by atoms with Crippen LogP contribution in [0.2, 0.25) is 0 Å². The number of thioether (sulfide) groups is 1. The summed E-state index contributed by atoms with van der Waals surface area (Å²) >= 11 is 1.56. The Hall–Kier alpha value is -1.83. The number of aromatic nitrogens is 4. The zero-order valence-corrected chi connectivity index (χ0v) is 17.5. The molecule has 0 unspecified atom stereocenters. The lowest BCUT2D eigenvalue weighted by Crippen LogP contribution is -2.29. The molecule has 8 heteroatoms. The first-order valence-electron chi connectivity index (χ1n) is 10.5. The molecule has 0 aromatic carbocycles. The lowest BCUT2D eigenvalue weighted by molar-refractivity contribution is -0.122. The van der Waals surface area contributed by atoms with Crippen LogP contribution in [0.3, 0.4) is 0 Å². The molecule has 2 aliphatic rings. The lowest BCUT2D eigenvalue weighted by atomic mass is 9.87. The van der Waals surface area contributed by atoms with Gasteiger partial charge in [0.2, 0.25) is 5.91 Å². The third kappa shape index (κ3) is 4.42. The fraction of sp³-hybridized carbons (Fsp3) is 0.700. The van der Waals surface area contributed by atoms with Crippen molar-refractivity contribution in [2.45, 2.75) is 63.1 Å². The number of rotatable bonds is 7. The van der Waals surface area contributed by atoms with Crippen LogP contribution < -0.4 is 10.2 Å². The van der Waals surface area contributed by atoms with Crippen LogP contribution in [0.4, 0.5) is 5.82 Å². The Balaban J connectivity index is 1.41. The van der Waals surface area contributed by atoms with Gasteiger partial charge >= 0.3 is 0 Å². The first-order valence-corrected chi connectivity index (χ1v) is 11.8. The van der Waals surface area contributed by atoms with Crippen molar-refractivity contribution < 1.29 is 4.79 Å². The first-order chi connectivity index (χ1) is 13.7. The second kappa shape index (κ2) is 9.11. The molecule has 7 nitrogen and oxygen atoms in total. The van der Waals surface area contributed by atoms with Crippen molar-refractivity contribution in [1.82, 2.24) is 25.1 Å². The Morgan fingerprint density at radius 1 is 1.18 bits per heavy atom. The molecule has 1 N–H and O–H groups in total. The number of hydrogen-bond acceptors (Lipinski definition) is 6. The van der Waals surface area contributed by atoms with Gasteiger partial charge in [0.05, 0.1) is 18.1 Å². The fourth-order valence-corrected chi connectivity index (χ4v) is 4.73. The molecule has 4 rings (SSSR count). The predicted molar refractivity (Wildman–Crippen MR) is 113 cm³/mol. The number of carbonyl (C=O) groups is 1. The molecule has 3 heterocycles. The van der Waals surface area contributed by atoms with E-state index in [0.29, 0.717) is 25.4 Å². The number of fused-ring (bicyclic) bond motifs is 1. The van der Waals surface area contributed by atoms with Gasteiger partial charge in [-0.05, 0) is 37.9 Å². The predicted octanol–water partition coefficient (Wildman–Crippen LogP) is 3.24. The molecule has 1 saturated carbocycles. The number of hydrogen-bond donors (Lipinski definition) is 1. The quantitative estimate of drug-likeness (QED) is 0.566. The summed E-state index contributed by atoms with van der Waals surface area (Å²) in [6.45, 7) is 3.30. The van der Waals surface area contributed by atoms with E-state index in [2.05, 4.69) is 15.3 Å². The van der Waals surface area contributed by atoms with E-state index in [4.69, 9.17) is 9.97 Å². The van der Waals surface area contributed by atoms with E-state index in [0.717, 1.165) is 35.1 Å². The van der Waals surface area contributed by atoms with Crippen molar-refractivity contribution in [3.63, 3.8) is 0 Å². The third-order valence-corrected chi connectivity index (χ3v) is 6.44. The molecular formula is C20H30N6OS. The zero-order valence-electron chi connectivity index (χ0n) is 16.7. The molecule has 28 heavy (non-hydrogen) atoms. The monoisotopic (exact) mass is 402 g/mol. The van der Waals surface area contributed by atoms with Crippen molar-refractivity contribution in [3.05, 3.63) is 6.20 Å². The van der Waals surface area contributed by atoms with Crippen LogP contribution in [-0.4, -0.2) is 51.5 Å². The number of nitrogens with one attached hydrogen (secondary N) is 1. The van der Waals surface area contributed by atoms with Crippen LogP contribution in [0.25, 0.3) is 11.0 Å². The molecule has 0 radical (unpaired) electrons. The van der Waals surface area contributed by atoms with Gasteiger partial charge in [-0.15, -0.1) is 0 Å². The summed E-state index contributed by atoms with van der Waals surface area (Å²) in [4.78, 5) is 24.0. The summed E-state index contributed by atoms with van der Waals surface area (Å²) in [6.07, 6.45) is 13.2. The standard InChI is InChI=1S/C20H30N6OS/c1-28-20-23-18(25-10-5-6-11-25)16-14-22-26(19(16)24-20)12-9-21-17(27)13-15-7-3-2-4-8-15/h14-15H,2-13H2,1H3,(H,21,27). The molecule has 0 atom stereocenters. The summed E-state index contributed by atoms with van der Waals surface area (Å²) in [7, 11) is 0. The summed E-state index contributed by atoms with van der Waals surface area (Å²) in [6, 6.07) is 0. The first kappa shape index (κ1) is 19.5. The van der Waals surface area contributed by atoms with Crippen LogP contribution in [0.1, 0.15) is 51.4 Å². The second-order valence-electron chi connectivity index (χ2n) is 7.89. The lowest BCUT2D eigenvalue weighted by Gasteiger charge is -2.20. The Labute approximate surface area is 170 Å². The van der Waals surface area contributed by atoms with Gasteiger partial charge in [0, 0.05) is 26.1 Å². The highest BCUT2D eigenvalue weighted by atomic mass is 32.2. The average Bonchev–Trinajstić information content (AvgIpc) is 3.38. The molecule has 2 aromatic heterocycles. The van der Waals surface area contributed by atoms with Gasteiger partial charge in [-0.1, -0.05) is 31.0 Å². The van der Waals surface area contributed by atoms with Crippen molar-refractivity contribution in [1.29, 1.82) is 0 Å². The maximum absolute atomic E-state index is 12.3. The van der Waals surface area contributed by atoms with E-state index in [1.807, 2.05) is 17.1 Å². The Kier molecular flexibility index (Phi) is 6.34. The molecule has 0 bridgehead atoms. The van der Waals surface area contributed by atoms with E-state index in [1.165, 1.54) is 44.9 Å². The summed E-state index contributed by atoms with van der Waals surface area (Å²) in [5.41, 5.74) is 0.864. The third-order valence-electron chi connectivity index (χ3n) is 5.89. The van der Waals surface area contributed by atoms with Crippen LogP contribution in [0.15, 0.2) is 11.4 Å². The largest absolute Gasteiger partial charge is 0.356 e. The smallest absolute Gasteiger partial charge is 0.220 e. The Morgan fingerprint density at radius 2 is 1.96 bits per heavy atom. The molecule has 0 spiro atoms. The highest BCUT2D eigenvalue weighted by Crippen LogP contribution is 2.29. The Bertz CT molecular complexity index is 810. The topological polar surface area (TPSA) is 75.9 Å². The van der Waals surface area contributed by atoms with Crippen LogP contribution >= 0.6 is 11.8 Å². The van der Waals surface area contributed by atoms with Gasteiger partial charge in [0.25, 0.3) is 0 Å². The highest BCUT2D eigenvalue weighted by Gasteiger charge is 2.21. The minimum atomic E-state index is 0.167. The van der Waals surface area contributed by atoms with Gasteiger partial charge in [-0.25, -0.2) is 14.6 Å². The van der Waals surface area contributed by atoms with Gasteiger partial charge in [-0.2, -0.15) is 5.10 Å². The molecule has 1 aliphatic heterocycles. The van der Waals surface area contributed by atoms with Gasteiger partial charge in [-0.3, -0.25) is 4.79 Å². The van der Waals surface area contributed by atoms with Crippen molar-refractivity contribution in [2.75, 3.05) is 30.8 Å². The molecule has 152 valence electrons. The molecular weight excluding hydrogens is 372 g/mol. The molecule has 2 aromatic rings. The van der Waals surface area contributed by atoms with Crippen molar-refractivity contribution in [2.24, 2.45) is 5.92 Å². The molecule has 1 aliphatic carbocycles. The second-order valence-corrected chi connectivity index (χ2v) is 8.66. The highest BCUT2D eigenvalue weighted by molar-refractivity contribution is 7.98. The van der Waals surface area contributed by atoms with Crippen LogP contribution in [0, 0.1) is 5.92 Å². The average molecular weight is 403 g/mol. The maximum atomic E-state index is 12.3. The van der Waals surface area contributed by atoms with Gasteiger partial charge < -0.3 is 10.2 Å². The minimum absolute atomic E-state index is 0.167.